The van der Waals surface area contributed by atoms with Crippen LogP contribution in [-0.4, -0.2) is 60.3 Å². The number of morpholine rings is 1. The van der Waals surface area contributed by atoms with E-state index in [2.05, 4.69) is 26.8 Å². The van der Waals surface area contributed by atoms with Crippen molar-refractivity contribution in [1.29, 1.82) is 0 Å². The first-order valence-corrected chi connectivity index (χ1v) is 6.09. The molecule has 0 aliphatic carbocycles. The molecular weight excluding hydrogens is 216 g/mol. The molecule has 0 N–H and O–H groups in total. The van der Waals surface area contributed by atoms with Gasteiger partial charge in [0.15, 0.2) is 0 Å². The Labute approximate surface area is 101 Å². The summed E-state index contributed by atoms with van der Waals surface area (Å²) < 4.78 is 5.83. The van der Waals surface area contributed by atoms with Crippen molar-refractivity contribution in [2.45, 2.75) is 19.1 Å². The third-order valence-electron chi connectivity index (χ3n) is 3.69. The van der Waals surface area contributed by atoms with Crippen LogP contribution in [0.15, 0.2) is 12.4 Å². The third kappa shape index (κ3) is 2.00. The maximum atomic E-state index is 5.83. The molecule has 3 heterocycles. The van der Waals surface area contributed by atoms with Gasteiger partial charge in [-0.3, -0.25) is 4.90 Å². The third-order valence-corrected chi connectivity index (χ3v) is 3.69. The van der Waals surface area contributed by atoms with Crippen molar-refractivity contribution in [1.82, 2.24) is 14.9 Å². The first-order valence-electron chi connectivity index (χ1n) is 6.09. The van der Waals surface area contributed by atoms with Crippen molar-refractivity contribution in [3.05, 3.63) is 18.1 Å². The van der Waals surface area contributed by atoms with Crippen molar-refractivity contribution in [2.75, 3.05) is 38.2 Å². The zero-order valence-corrected chi connectivity index (χ0v) is 10.3. The molecule has 2 aliphatic heterocycles. The van der Waals surface area contributed by atoms with Crippen LogP contribution in [0.2, 0.25) is 0 Å². The predicted molar refractivity (Wildman–Crippen MR) is 65.1 cm³/mol. The molecule has 2 saturated heterocycles. The fraction of sp³-hybridized carbons (Fsp3) is 0.667. The van der Waals surface area contributed by atoms with Crippen LogP contribution in [0, 0.1) is 6.92 Å². The van der Waals surface area contributed by atoms with Crippen LogP contribution in [0.5, 0.6) is 0 Å². The van der Waals surface area contributed by atoms with Gasteiger partial charge >= 0.3 is 0 Å². The highest BCUT2D eigenvalue weighted by Crippen LogP contribution is 2.25. The van der Waals surface area contributed by atoms with Gasteiger partial charge in [-0.15, -0.1) is 0 Å². The van der Waals surface area contributed by atoms with Gasteiger partial charge in [-0.25, -0.2) is 9.97 Å². The molecular formula is C12H18N4O. The molecule has 0 radical (unpaired) electrons. The molecule has 17 heavy (non-hydrogen) atoms. The van der Waals surface area contributed by atoms with E-state index in [0.717, 1.165) is 37.8 Å². The monoisotopic (exact) mass is 234 g/mol. The Hall–Kier alpha value is -1.20. The van der Waals surface area contributed by atoms with E-state index in [9.17, 15) is 0 Å². The van der Waals surface area contributed by atoms with E-state index in [0.29, 0.717) is 12.1 Å². The summed E-state index contributed by atoms with van der Waals surface area (Å²) in [7, 11) is 2.18. The number of aryl methyl sites for hydroxylation is 1. The Morgan fingerprint density at radius 1 is 1.35 bits per heavy atom. The van der Waals surface area contributed by atoms with E-state index in [4.69, 9.17) is 4.74 Å². The van der Waals surface area contributed by atoms with Crippen LogP contribution in [0.3, 0.4) is 0 Å². The lowest BCUT2D eigenvalue weighted by Gasteiger charge is -2.33. The van der Waals surface area contributed by atoms with Gasteiger partial charge in [-0.2, -0.15) is 0 Å². The van der Waals surface area contributed by atoms with E-state index < -0.39 is 0 Å². The average molecular weight is 234 g/mol. The zero-order valence-electron chi connectivity index (χ0n) is 10.3. The highest BCUT2D eigenvalue weighted by atomic mass is 16.5. The SMILES string of the molecule is Cc1cc(N2CC3OCCN(C)C3C2)ncn1. The summed E-state index contributed by atoms with van der Waals surface area (Å²) in [5, 5.41) is 0. The summed E-state index contributed by atoms with van der Waals surface area (Å²) in [6, 6.07) is 2.54. The number of aromatic nitrogens is 2. The Morgan fingerprint density at radius 3 is 3.00 bits per heavy atom. The Bertz CT molecular complexity index is 411. The molecule has 1 aromatic heterocycles. The fourth-order valence-electron chi connectivity index (χ4n) is 2.66. The second-order valence-corrected chi connectivity index (χ2v) is 4.88. The summed E-state index contributed by atoms with van der Waals surface area (Å²) in [6.07, 6.45) is 1.96. The molecule has 2 aliphatic rings. The zero-order chi connectivity index (χ0) is 11.8. The van der Waals surface area contributed by atoms with Gasteiger partial charge in [0, 0.05) is 31.4 Å². The van der Waals surface area contributed by atoms with Crippen molar-refractivity contribution < 1.29 is 4.74 Å². The molecule has 92 valence electrons. The highest BCUT2D eigenvalue weighted by Gasteiger charge is 2.38. The minimum Gasteiger partial charge on any atom is -0.373 e. The van der Waals surface area contributed by atoms with Crippen molar-refractivity contribution in [2.24, 2.45) is 0 Å². The van der Waals surface area contributed by atoms with E-state index in [1.807, 2.05) is 13.0 Å². The van der Waals surface area contributed by atoms with Gasteiger partial charge in [-0.05, 0) is 14.0 Å². The van der Waals surface area contributed by atoms with Crippen LogP contribution in [0.4, 0.5) is 5.82 Å². The molecule has 5 heteroatoms. The van der Waals surface area contributed by atoms with Gasteiger partial charge in [0.25, 0.3) is 0 Å². The van der Waals surface area contributed by atoms with E-state index in [-0.39, 0.29) is 0 Å². The lowest BCUT2D eigenvalue weighted by molar-refractivity contribution is -0.0362. The minimum atomic E-state index is 0.323. The molecule has 0 aromatic carbocycles. The lowest BCUT2D eigenvalue weighted by Crippen LogP contribution is -2.48. The molecule has 0 amide bonds. The summed E-state index contributed by atoms with van der Waals surface area (Å²) >= 11 is 0. The quantitative estimate of drug-likeness (QED) is 0.699. The van der Waals surface area contributed by atoms with Crippen molar-refractivity contribution in [3.8, 4) is 0 Å². The molecule has 0 spiro atoms. The number of rotatable bonds is 1. The number of fused-ring (bicyclic) bond motifs is 1. The minimum absolute atomic E-state index is 0.323. The number of hydrogen-bond donors (Lipinski definition) is 0. The van der Waals surface area contributed by atoms with Gasteiger partial charge in [-0.1, -0.05) is 0 Å². The van der Waals surface area contributed by atoms with Crippen LogP contribution < -0.4 is 4.90 Å². The molecule has 0 bridgehead atoms. The van der Waals surface area contributed by atoms with Crippen LogP contribution in [0.1, 0.15) is 5.69 Å². The first kappa shape index (κ1) is 10.9. The highest BCUT2D eigenvalue weighted by molar-refractivity contribution is 5.41. The largest absolute Gasteiger partial charge is 0.373 e. The van der Waals surface area contributed by atoms with Crippen LogP contribution in [0.25, 0.3) is 0 Å². The molecule has 3 rings (SSSR count). The average Bonchev–Trinajstić information content (AvgIpc) is 2.74. The molecule has 2 atom stereocenters. The van der Waals surface area contributed by atoms with Gasteiger partial charge < -0.3 is 9.64 Å². The van der Waals surface area contributed by atoms with E-state index in [1.54, 1.807) is 6.33 Å². The fourth-order valence-corrected chi connectivity index (χ4v) is 2.66. The maximum absolute atomic E-state index is 5.83. The second-order valence-electron chi connectivity index (χ2n) is 4.88. The standard InChI is InChI=1S/C12H18N4O/c1-9-5-12(14-8-13-9)16-6-10-11(7-16)17-4-3-15(10)2/h5,8,10-11H,3-4,6-7H2,1-2H3. The predicted octanol–water partition coefficient (Wildman–Crippen LogP) is 0.304. The van der Waals surface area contributed by atoms with Gasteiger partial charge in [0.05, 0.1) is 18.8 Å². The topological polar surface area (TPSA) is 41.5 Å². The Balaban J connectivity index is 1.79. The lowest BCUT2D eigenvalue weighted by atomic mass is 10.1. The molecule has 5 nitrogen and oxygen atoms in total. The van der Waals surface area contributed by atoms with E-state index >= 15 is 0 Å². The Morgan fingerprint density at radius 2 is 2.24 bits per heavy atom. The molecule has 0 saturated carbocycles. The van der Waals surface area contributed by atoms with Crippen molar-refractivity contribution >= 4 is 5.82 Å². The van der Waals surface area contributed by atoms with Gasteiger partial charge in [0.1, 0.15) is 12.1 Å². The summed E-state index contributed by atoms with van der Waals surface area (Å²) in [6.45, 7) is 5.80. The summed E-state index contributed by atoms with van der Waals surface area (Å²) in [4.78, 5) is 13.2. The first-order chi connectivity index (χ1) is 8.24. The normalized spacial score (nSPS) is 29.4. The van der Waals surface area contributed by atoms with Crippen LogP contribution in [-0.2, 0) is 4.74 Å². The summed E-state index contributed by atoms with van der Waals surface area (Å²) in [5.41, 5.74) is 1.01. The molecule has 2 fully saturated rings. The number of ether oxygens (including phenoxy) is 1. The number of anilines is 1. The smallest absolute Gasteiger partial charge is 0.132 e. The number of likely N-dealkylation sites (N-methyl/N-ethyl adjacent to an activating group) is 1. The molecule has 1 aromatic rings. The maximum Gasteiger partial charge on any atom is 0.132 e. The van der Waals surface area contributed by atoms with Gasteiger partial charge in [0.2, 0.25) is 0 Å². The van der Waals surface area contributed by atoms with E-state index in [1.165, 1.54) is 0 Å². The van der Waals surface area contributed by atoms with Crippen molar-refractivity contribution in [3.63, 3.8) is 0 Å². The Kier molecular flexibility index (Phi) is 2.72. The number of nitrogens with zero attached hydrogens (tertiary/aromatic N) is 4. The second kappa shape index (κ2) is 4.23. The van der Waals surface area contributed by atoms with Crippen LogP contribution >= 0.6 is 0 Å². The summed E-state index contributed by atoms with van der Waals surface area (Å²) in [5.74, 6) is 1.02. The number of hydrogen-bond acceptors (Lipinski definition) is 5. The molecule has 2 unspecified atom stereocenters.